The number of benzene rings is 1. The highest BCUT2D eigenvalue weighted by Crippen LogP contribution is 2.23. The summed E-state index contributed by atoms with van der Waals surface area (Å²) in [5.41, 5.74) is 0.778. The molecule has 0 radical (unpaired) electrons. The maximum Gasteiger partial charge on any atom is 0.142 e. The van der Waals surface area contributed by atoms with Gasteiger partial charge in [0.15, 0.2) is 0 Å². The Bertz CT molecular complexity index is 309. The molecule has 0 heterocycles. The number of nitrogens with one attached hydrogen (secondary N) is 1. The monoisotopic (exact) mass is 245 g/mol. The van der Waals surface area contributed by atoms with Gasteiger partial charge in [-0.2, -0.15) is 0 Å². The number of anilines is 1. The quantitative estimate of drug-likeness (QED) is 0.629. The molecule has 90 valence electrons. The lowest BCUT2D eigenvalue weighted by atomic mass is 10.3. The van der Waals surface area contributed by atoms with Crippen LogP contribution in [-0.2, 0) is 0 Å². The van der Waals surface area contributed by atoms with Crippen molar-refractivity contribution in [3.8, 4) is 5.75 Å². The van der Waals surface area contributed by atoms with E-state index in [0.29, 0.717) is 12.3 Å². The van der Waals surface area contributed by atoms with Gasteiger partial charge in [-0.3, -0.25) is 0 Å². The third-order valence-electron chi connectivity index (χ3n) is 1.94. The third kappa shape index (κ3) is 4.26. The first-order valence-corrected chi connectivity index (χ1v) is 5.62. The smallest absolute Gasteiger partial charge is 0.142 e. The van der Waals surface area contributed by atoms with Crippen LogP contribution in [0.15, 0.2) is 24.3 Å². The normalized spacial score (nSPS) is 12.2. The summed E-state index contributed by atoms with van der Waals surface area (Å²) < 4.78 is 5.33. The Hall–Kier alpha value is -0.970. The van der Waals surface area contributed by atoms with Crippen LogP contribution < -0.4 is 10.1 Å². The number of rotatable bonds is 7. The zero-order chi connectivity index (χ0) is 11.8. The minimum atomic E-state index is -0.590. The Balaban J connectivity index is 2.56. The Kier molecular flexibility index (Phi) is 6.00. The number of aliphatic hydroxyl groups excluding tert-OH is 2. The molecule has 0 aliphatic carbocycles. The zero-order valence-electron chi connectivity index (χ0n) is 8.90. The predicted octanol–water partition coefficient (Wildman–Crippen LogP) is 1.07. The average molecular weight is 246 g/mol. The fraction of sp³-hybridized carbons (Fsp3) is 0.455. The van der Waals surface area contributed by atoms with Gasteiger partial charge in [-0.1, -0.05) is 12.1 Å². The molecule has 1 rings (SSSR count). The van der Waals surface area contributed by atoms with Gasteiger partial charge in [0.25, 0.3) is 0 Å². The van der Waals surface area contributed by atoms with Crippen LogP contribution in [0.25, 0.3) is 0 Å². The molecule has 1 aromatic rings. The lowest BCUT2D eigenvalue weighted by Crippen LogP contribution is -2.21. The molecule has 5 heteroatoms. The van der Waals surface area contributed by atoms with Gasteiger partial charge in [-0.15, -0.1) is 11.6 Å². The van der Waals surface area contributed by atoms with Crippen molar-refractivity contribution < 1.29 is 14.9 Å². The van der Waals surface area contributed by atoms with E-state index in [1.165, 1.54) is 0 Å². The molecule has 1 aromatic carbocycles. The van der Waals surface area contributed by atoms with Crippen molar-refractivity contribution in [1.29, 1.82) is 0 Å². The summed E-state index contributed by atoms with van der Waals surface area (Å²) in [4.78, 5) is 0. The summed E-state index contributed by atoms with van der Waals surface area (Å²) >= 11 is 5.49. The first-order chi connectivity index (χ1) is 7.77. The van der Waals surface area contributed by atoms with Crippen LogP contribution in [0.2, 0.25) is 0 Å². The molecule has 0 aliphatic heterocycles. The van der Waals surface area contributed by atoms with Gasteiger partial charge in [-0.25, -0.2) is 0 Å². The maximum absolute atomic E-state index is 9.31. The topological polar surface area (TPSA) is 61.7 Å². The molecule has 16 heavy (non-hydrogen) atoms. The maximum atomic E-state index is 9.31. The van der Waals surface area contributed by atoms with Crippen molar-refractivity contribution in [2.24, 2.45) is 0 Å². The molecule has 0 amide bonds. The van der Waals surface area contributed by atoms with Crippen molar-refractivity contribution in [3.63, 3.8) is 0 Å². The Morgan fingerprint density at radius 3 is 2.81 bits per heavy atom. The molecule has 0 fully saturated rings. The fourth-order valence-corrected chi connectivity index (χ4v) is 1.29. The summed E-state index contributed by atoms with van der Waals surface area (Å²) in [7, 11) is 0. The lowest BCUT2D eigenvalue weighted by molar-refractivity contribution is 0.201. The minimum absolute atomic E-state index is 0.0291. The van der Waals surface area contributed by atoms with Gasteiger partial charge < -0.3 is 20.3 Å². The van der Waals surface area contributed by atoms with Gasteiger partial charge in [-0.05, 0) is 12.1 Å². The summed E-state index contributed by atoms with van der Waals surface area (Å²) in [5, 5.41) is 21.0. The fourth-order valence-electron chi connectivity index (χ4n) is 1.18. The number of halogens is 1. The van der Waals surface area contributed by atoms with Gasteiger partial charge in [0.05, 0.1) is 24.3 Å². The van der Waals surface area contributed by atoms with Crippen LogP contribution in [0.4, 0.5) is 5.69 Å². The number of ether oxygens (including phenoxy) is 1. The Morgan fingerprint density at radius 2 is 2.12 bits per heavy atom. The number of alkyl halides is 1. The van der Waals surface area contributed by atoms with Crippen molar-refractivity contribution >= 4 is 17.3 Å². The van der Waals surface area contributed by atoms with Gasteiger partial charge in [0.2, 0.25) is 0 Å². The van der Waals surface area contributed by atoms with Gasteiger partial charge >= 0.3 is 0 Å². The highest BCUT2D eigenvalue weighted by atomic mass is 35.5. The number of hydrogen-bond acceptors (Lipinski definition) is 4. The highest BCUT2D eigenvalue weighted by Gasteiger charge is 2.05. The van der Waals surface area contributed by atoms with Gasteiger partial charge in [0, 0.05) is 6.54 Å². The van der Waals surface area contributed by atoms with Crippen molar-refractivity contribution in [1.82, 2.24) is 0 Å². The first kappa shape index (κ1) is 13.1. The molecular formula is C11H16ClNO3. The molecule has 3 N–H and O–H groups in total. The zero-order valence-corrected chi connectivity index (χ0v) is 9.65. The molecular weight excluding hydrogens is 230 g/mol. The van der Waals surface area contributed by atoms with Crippen molar-refractivity contribution in [2.45, 2.75) is 6.10 Å². The molecule has 1 atom stereocenters. The standard InChI is InChI=1S/C11H16ClNO3/c12-7-9(15)8-13-10-3-1-2-4-11(10)16-6-5-14/h1-4,9,13-15H,5-8H2. The molecule has 4 nitrogen and oxygen atoms in total. The molecule has 1 unspecified atom stereocenters. The summed E-state index contributed by atoms with van der Waals surface area (Å²) in [6, 6.07) is 7.34. The molecule has 0 bridgehead atoms. The van der Waals surface area contributed by atoms with Crippen molar-refractivity contribution in [2.75, 3.05) is 31.0 Å². The van der Waals surface area contributed by atoms with E-state index in [4.69, 9.17) is 21.4 Å². The van der Waals surface area contributed by atoms with Crippen LogP contribution in [-0.4, -0.2) is 42.0 Å². The summed E-state index contributed by atoms with van der Waals surface area (Å²) in [5.74, 6) is 0.838. The molecule has 0 saturated heterocycles. The molecule has 0 spiro atoms. The van der Waals surface area contributed by atoms with E-state index in [1.807, 2.05) is 18.2 Å². The van der Waals surface area contributed by atoms with E-state index in [0.717, 1.165) is 5.69 Å². The Labute approximate surface area is 99.8 Å². The SMILES string of the molecule is OCCOc1ccccc1NCC(O)CCl. The molecule has 0 saturated carbocycles. The second-order valence-corrected chi connectivity index (χ2v) is 3.57. The summed E-state index contributed by atoms with van der Waals surface area (Å²) in [6.45, 7) is 0.582. The van der Waals surface area contributed by atoms with E-state index < -0.39 is 6.10 Å². The van der Waals surface area contributed by atoms with Crippen molar-refractivity contribution in [3.05, 3.63) is 24.3 Å². The minimum Gasteiger partial charge on any atom is -0.489 e. The van der Waals surface area contributed by atoms with E-state index in [-0.39, 0.29) is 19.1 Å². The van der Waals surface area contributed by atoms with Crippen LogP contribution in [0.5, 0.6) is 5.75 Å². The van der Waals surface area contributed by atoms with Crippen LogP contribution >= 0.6 is 11.6 Å². The number of hydrogen-bond donors (Lipinski definition) is 3. The molecule has 0 aromatic heterocycles. The van der Waals surface area contributed by atoms with Crippen LogP contribution in [0, 0.1) is 0 Å². The number of para-hydroxylation sites is 2. The molecule has 0 aliphatic rings. The predicted molar refractivity (Wildman–Crippen MR) is 64.2 cm³/mol. The second-order valence-electron chi connectivity index (χ2n) is 3.26. The van der Waals surface area contributed by atoms with Crippen LogP contribution in [0.3, 0.4) is 0 Å². The summed E-state index contributed by atoms with van der Waals surface area (Å²) in [6.07, 6.45) is -0.590. The first-order valence-electron chi connectivity index (χ1n) is 5.08. The van der Waals surface area contributed by atoms with E-state index in [1.54, 1.807) is 6.07 Å². The van der Waals surface area contributed by atoms with E-state index in [2.05, 4.69) is 5.32 Å². The largest absolute Gasteiger partial charge is 0.489 e. The Morgan fingerprint density at radius 1 is 1.38 bits per heavy atom. The third-order valence-corrected chi connectivity index (χ3v) is 2.30. The number of aliphatic hydroxyl groups is 2. The van der Waals surface area contributed by atoms with E-state index in [9.17, 15) is 5.11 Å². The second kappa shape index (κ2) is 7.33. The highest BCUT2D eigenvalue weighted by molar-refractivity contribution is 6.18. The van der Waals surface area contributed by atoms with Gasteiger partial charge in [0.1, 0.15) is 12.4 Å². The lowest BCUT2D eigenvalue weighted by Gasteiger charge is -2.14. The van der Waals surface area contributed by atoms with Crippen LogP contribution in [0.1, 0.15) is 0 Å². The average Bonchev–Trinajstić information content (AvgIpc) is 2.34. The van der Waals surface area contributed by atoms with E-state index >= 15 is 0 Å².